The molecule has 0 spiro atoms. The third kappa shape index (κ3) is 4.40. The molecule has 1 saturated heterocycles. The van der Waals surface area contributed by atoms with Gasteiger partial charge in [0.15, 0.2) is 0 Å². The van der Waals surface area contributed by atoms with Gasteiger partial charge in [-0.25, -0.2) is 0 Å². The Hall–Kier alpha value is -0.120. The van der Waals surface area contributed by atoms with Crippen molar-refractivity contribution in [1.29, 1.82) is 0 Å². The molecule has 2 atom stereocenters. The summed E-state index contributed by atoms with van der Waals surface area (Å²) in [6, 6.07) is 0.582. The number of methoxy groups -OCH3 is 1. The Kier molecular flexibility index (Phi) is 5.22. The minimum atomic E-state index is 0.332. The summed E-state index contributed by atoms with van der Waals surface area (Å²) in [7, 11) is 1.79. The zero-order valence-electron chi connectivity index (χ0n) is 11.5. The highest BCUT2D eigenvalue weighted by molar-refractivity contribution is 4.86. The third-order valence-corrected chi connectivity index (χ3v) is 3.45. The summed E-state index contributed by atoms with van der Waals surface area (Å²) < 4.78 is 5.35. The van der Waals surface area contributed by atoms with Crippen molar-refractivity contribution < 1.29 is 4.74 Å². The van der Waals surface area contributed by atoms with Crippen molar-refractivity contribution in [3.63, 3.8) is 0 Å². The minimum Gasteiger partial charge on any atom is -0.380 e. The van der Waals surface area contributed by atoms with Gasteiger partial charge in [-0.05, 0) is 31.8 Å². The van der Waals surface area contributed by atoms with Gasteiger partial charge in [0, 0.05) is 26.2 Å². The predicted octanol–water partition coefficient (Wildman–Crippen LogP) is 1.73. The van der Waals surface area contributed by atoms with Crippen LogP contribution in [0.15, 0.2) is 0 Å². The molecular weight excluding hydrogens is 200 g/mol. The van der Waals surface area contributed by atoms with Crippen molar-refractivity contribution in [1.82, 2.24) is 10.2 Å². The van der Waals surface area contributed by atoms with E-state index in [0.29, 0.717) is 17.6 Å². The van der Waals surface area contributed by atoms with Gasteiger partial charge in [0.2, 0.25) is 0 Å². The van der Waals surface area contributed by atoms with E-state index in [1.54, 1.807) is 7.11 Å². The quantitative estimate of drug-likeness (QED) is 0.796. The highest BCUT2D eigenvalue weighted by Crippen LogP contribution is 2.21. The monoisotopic (exact) mass is 228 g/mol. The minimum absolute atomic E-state index is 0.332. The predicted molar refractivity (Wildman–Crippen MR) is 68.8 cm³/mol. The van der Waals surface area contributed by atoms with Crippen LogP contribution < -0.4 is 5.32 Å². The van der Waals surface area contributed by atoms with Crippen LogP contribution in [0, 0.1) is 5.41 Å². The van der Waals surface area contributed by atoms with E-state index in [9.17, 15) is 0 Å². The Balaban J connectivity index is 2.52. The van der Waals surface area contributed by atoms with Crippen molar-refractivity contribution >= 4 is 0 Å². The molecule has 1 N–H and O–H groups in total. The maximum absolute atomic E-state index is 5.35. The first-order valence-corrected chi connectivity index (χ1v) is 6.42. The van der Waals surface area contributed by atoms with E-state index >= 15 is 0 Å². The van der Waals surface area contributed by atoms with Crippen LogP contribution in [0.25, 0.3) is 0 Å². The van der Waals surface area contributed by atoms with E-state index in [-0.39, 0.29) is 0 Å². The number of rotatable bonds is 3. The molecular formula is C13H28N2O. The van der Waals surface area contributed by atoms with Gasteiger partial charge in [0.05, 0.1) is 6.10 Å². The lowest BCUT2D eigenvalue weighted by molar-refractivity contribution is 0.0709. The van der Waals surface area contributed by atoms with Crippen LogP contribution in [0.3, 0.4) is 0 Å². The molecule has 0 aromatic rings. The highest BCUT2D eigenvalue weighted by atomic mass is 16.5. The second-order valence-corrected chi connectivity index (χ2v) is 6.03. The summed E-state index contributed by atoms with van der Waals surface area (Å²) in [5, 5.41) is 3.66. The zero-order chi connectivity index (χ0) is 12.2. The lowest BCUT2D eigenvalue weighted by Crippen LogP contribution is -2.47. The second kappa shape index (κ2) is 5.99. The topological polar surface area (TPSA) is 24.5 Å². The average Bonchev–Trinajstić information content (AvgIpc) is 2.42. The maximum Gasteiger partial charge on any atom is 0.0670 e. The number of nitrogens with zero attached hydrogens (tertiary/aromatic N) is 1. The Labute approximate surface area is 101 Å². The van der Waals surface area contributed by atoms with Crippen molar-refractivity contribution in [3.05, 3.63) is 0 Å². The molecule has 0 aromatic carbocycles. The summed E-state index contributed by atoms with van der Waals surface area (Å²) in [6.45, 7) is 13.6. The Morgan fingerprint density at radius 1 is 1.44 bits per heavy atom. The van der Waals surface area contributed by atoms with Crippen molar-refractivity contribution in [2.45, 2.75) is 46.3 Å². The molecule has 0 bridgehead atoms. The van der Waals surface area contributed by atoms with E-state index in [1.165, 1.54) is 13.0 Å². The van der Waals surface area contributed by atoms with Gasteiger partial charge in [0.25, 0.3) is 0 Å². The smallest absolute Gasteiger partial charge is 0.0670 e. The second-order valence-electron chi connectivity index (χ2n) is 6.03. The fourth-order valence-electron chi connectivity index (χ4n) is 2.18. The summed E-state index contributed by atoms with van der Waals surface area (Å²) in [5.41, 5.74) is 0.332. The van der Waals surface area contributed by atoms with Gasteiger partial charge >= 0.3 is 0 Å². The Bertz CT molecular complexity index is 201. The molecule has 0 radical (unpaired) electrons. The zero-order valence-corrected chi connectivity index (χ0v) is 11.5. The number of ether oxygens (including phenoxy) is 1. The van der Waals surface area contributed by atoms with Gasteiger partial charge < -0.3 is 10.1 Å². The van der Waals surface area contributed by atoms with Crippen LogP contribution in [0.4, 0.5) is 0 Å². The van der Waals surface area contributed by atoms with Crippen LogP contribution in [-0.2, 0) is 4.74 Å². The molecule has 3 nitrogen and oxygen atoms in total. The number of nitrogens with one attached hydrogen (secondary N) is 1. The fourth-order valence-corrected chi connectivity index (χ4v) is 2.18. The Morgan fingerprint density at radius 2 is 2.12 bits per heavy atom. The fraction of sp³-hybridized carbons (Fsp3) is 1.00. The largest absolute Gasteiger partial charge is 0.380 e. The van der Waals surface area contributed by atoms with E-state index in [0.717, 1.165) is 19.6 Å². The van der Waals surface area contributed by atoms with E-state index in [2.05, 4.69) is 37.9 Å². The lowest BCUT2D eigenvalue weighted by Gasteiger charge is -2.34. The van der Waals surface area contributed by atoms with Crippen LogP contribution in [0.5, 0.6) is 0 Å². The van der Waals surface area contributed by atoms with Crippen molar-refractivity contribution in [2.75, 3.05) is 33.3 Å². The molecule has 0 saturated carbocycles. The third-order valence-electron chi connectivity index (χ3n) is 3.45. The van der Waals surface area contributed by atoms with E-state index < -0.39 is 0 Å². The van der Waals surface area contributed by atoms with E-state index in [4.69, 9.17) is 4.74 Å². The first-order chi connectivity index (χ1) is 7.43. The summed E-state index contributed by atoms with van der Waals surface area (Å²) in [4.78, 5) is 2.53. The molecule has 96 valence electrons. The molecule has 16 heavy (non-hydrogen) atoms. The molecule has 0 aromatic heterocycles. The van der Waals surface area contributed by atoms with Gasteiger partial charge in [-0.2, -0.15) is 0 Å². The lowest BCUT2D eigenvalue weighted by atomic mass is 9.86. The molecule has 1 aliphatic rings. The summed E-state index contributed by atoms with van der Waals surface area (Å²) >= 11 is 0. The summed E-state index contributed by atoms with van der Waals surface area (Å²) in [6.07, 6.45) is 1.57. The molecule has 1 heterocycles. The Morgan fingerprint density at radius 3 is 2.69 bits per heavy atom. The molecule has 0 aliphatic carbocycles. The highest BCUT2D eigenvalue weighted by Gasteiger charge is 2.28. The number of hydrogen-bond donors (Lipinski definition) is 1. The molecule has 0 amide bonds. The average molecular weight is 228 g/mol. The van der Waals surface area contributed by atoms with Gasteiger partial charge in [-0.15, -0.1) is 0 Å². The van der Waals surface area contributed by atoms with Crippen molar-refractivity contribution in [3.8, 4) is 0 Å². The van der Waals surface area contributed by atoms with Gasteiger partial charge in [0.1, 0.15) is 0 Å². The van der Waals surface area contributed by atoms with Gasteiger partial charge in [-0.1, -0.05) is 20.8 Å². The first-order valence-electron chi connectivity index (χ1n) is 6.42. The number of hydrogen-bond acceptors (Lipinski definition) is 3. The molecule has 1 rings (SSSR count). The molecule has 3 heteroatoms. The SMILES string of the molecule is COC(C)CN1CCCNC(C(C)(C)C)C1. The van der Waals surface area contributed by atoms with Crippen LogP contribution >= 0.6 is 0 Å². The van der Waals surface area contributed by atoms with Crippen LogP contribution in [0.1, 0.15) is 34.1 Å². The standard InChI is InChI=1S/C13H28N2O/c1-11(16-5)9-15-8-6-7-14-12(10-15)13(2,3)4/h11-12,14H,6-10H2,1-5H3. The van der Waals surface area contributed by atoms with Crippen LogP contribution in [0.2, 0.25) is 0 Å². The first kappa shape index (κ1) is 13.9. The van der Waals surface area contributed by atoms with Crippen molar-refractivity contribution in [2.24, 2.45) is 5.41 Å². The summed E-state index contributed by atoms with van der Waals surface area (Å²) in [5.74, 6) is 0. The maximum atomic E-state index is 5.35. The van der Waals surface area contributed by atoms with Gasteiger partial charge in [-0.3, -0.25) is 4.90 Å². The molecule has 1 aliphatic heterocycles. The normalized spacial score (nSPS) is 26.4. The van der Waals surface area contributed by atoms with Crippen LogP contribution in [-0.4, -0.2) is 50.3 Å². The molecule has 2 unspecified atom stereocenters. The molecule has 1 fully saturated rings. The van der Waals surface area contributed by atoms with E-state index in [1.807, 2.05) is 0 Å².